The highest BCUT2D eigenvalue weighted by atomic mass is 32.1. The molecule has 0 radical (unpaired) electrons. The van der Waals surface area contributed by atoms with Gasteiger partial charge < -0.3 is 10.6 Å². The molecule has 0 saturated heterocycles. The van der Waals surface area contributed by atoms with Crippen LogP contribution in [0.1, 0.15) is 21.1 Å². The number of amides is 1. The second-order valence-electron chi connectivity index (χ2n) is 5.20. The maximum Gasteiger partial charge on any atom is 0.278 e. The first-order valence-corrected chi connectivity index (χ1v) is 8.02. The SMILES string of the molecule is Cc1nc(C(=O)Nc2ccn(C)n2)c(Nc2cc(F)cc(C#N)c2)s1. The molecule has 1 amide bonds. The van der Waals surface area contributed by atoms with Crippen molar-refractivity contribution in [1.29, 1.82) is 5.26 Å². The molecule has 2 N–H and O–H groups in total. The van der Waals surface area contributed by atoms with E-state index in [1.54, 1.807) is 30.9 Å². The number of nitrogens with one attached hydrogen (secondary N) is 2. The third-order valence-electron chi connectivity index (χ3n) is 3.19. The molecule has 3 aromatic rings. The zero-order chi connectivity index (χ0) is 18.0. The number of hydrogen-bond donors (Lipinski definition) is 2. The quantitative estimate of drug-likeness (QED) is 0.748. The summed E-state index contributed by atoms with van der Waals surface area (Å²) in [6.45, 7) is 1.76. The first kappa shape index (κ1) is 16.6. The van der Waals surface area contributed by atoms with Crippen LogP contribution in [0.25, 0.3) is 0 Å². The van der Waals surface area contributed by atoms with Crippen LogP contribution in [0.2, 0.25) is 0 Å². The van der Waals surface area contributed by atoms with Crippen LogP contribution in [-0.2, 0) is 7.05 Å². The summed E-state index contributed by atoms with van der Waals surface area (Å²) in [4.78, 5) is 16.7. The van der Waals surface area contributed by atoms with E-state index in [2.05, 4.69) is 20.7 Å². The molecule has 2 heterocycles. The Labute approximate surface area is 146 Å². The fourth-order valence-corrected chi connectivity index (χ4v) is 3.02. The molecule has 0 spiro atoms. The molecule has 1 aromatic carbocycles. The van der Waals surface area contributed by atoms with Gasteiger partial charge in [0.2, 0.25) is 0 Å². The Morgan fingerprint density at radius 2 is 2.20 bits per heavy atom. The van der Waals surface area contributed by atoms with Gasteiger partial charge in [0.05, 0.1) is 16.6 Å². The maximum atomic E-state index is 13.6. The Morgan fingerprint density at radius 1 is 1.40 bits per heavy atom. The normalized spacial score (nSPS) is 10.3. The predicted octanol–water partition coefficient (Wildman–Crippen LogP) is 3.19. The van der Waals surface area contributed by atoms with Gasteiger partial charge in [0.1, 0.15) is 10.8 Å². The number of benzene rings is 1. The van der Waals surface area contributed by atoms with Crippen LogP contribution in [0, 0.1) is 24.1 Å². The molecule has 0 unspecified atom stereocenters. The minimum absolute atomic E-state index is 0.177. The van der Waals surface area contributed by atoms with E-state index in [0.717, 1.165) is 6.07 Å². The summed E-state index contributed by atoms with van der Waals surface area (Å²) in [5.41, 5.74) is 0.728. The lowest BCUT2D eigenvalue weighted by molar-refractivity contribution is 0.102. The van der Waals surface area contributed by atoms with Gasteiger partial charge >= 0.3 is 0 Å². The number of thiazole rings is 1. The predicted molar refractivity (Wildman–Crippen MR) is 92.4 cm³/mol. The lowest BCUT2D eigenvalue weighted by Crippen LogP contribution is -2.14. The summed E-state index contributed by atoms with van der Waals surface area (Å²) >= 11 is 1.26. The molecule has 0 saturated carbocycles. The summed E-state index contributed by atoms with van der Waals surface area (Å²) in [6, 6.07) is 7.43. The minimum atomic E-state index is -0.540. The third kappa shape index (κ3) is 3.81. The van der Waals surface area contributed by atoms with Crippen LogP contribution in [0.3, 0.4) is 0 Å². The van der Waals surface area contributed by atoms with Crippen molar-refractivity contribution in [2.45, 2.75) is 6.92 Å². The van der Waals surface area contributed by atoms with E-state index in [1.165, 1.54) is 23.5 Å². The number of rotatable bonds is 4. The van der Waals surface area contributed by atoms with Gasteiger partial charge in [0.25, 0.3) is 5.91 Å². The molecule has 0 fully saturated rings. The molecule has 9 heteroatoms. The largest absolute Gasteiger partial charge is 0.345 e. The maximum absolute atomic E-state index is 13.6. The van der Waals surface area contributed by atoms with Crippen LogP contribution in [-0.4, -0.2) is 20.7 Å². The number of carbonyl (C=O) groups is 1. The first-order chi connectivity index (χ1) is 11.9. The van der Waals surface area contributed by atoms with Crippen molar-refractivity contribution in [2.75, 3.05) is 10.6 Å². The van der Waals surface area contributed by atoms with Crippen molar-refractivity contribution in [3.8, 4) is 6.07 Å². The smallest absolute Gasteiger partial charge is 0.278 e. The Morgan fingerprint density at radius 3 is 2.88 bits per heavy atom. The van der Waals surface area contributed by atoms with Crippen molar-refractivity contribution < 1.29 is 9.18 Å². The van der Waals surface area contributed by atoms with Gasteiger partial charge in [-0.15, -0.1) is 11.3 Å². The van der Waals surface area contributed by atoms with E-state index in [4.69, 9.17) is 5.26 Å². The summed E-state index contributed by atoms with van der Waals surface area (Å²) in [5, 5.41) is 19.8. The van der Waals surface area contributed by atoms with E-state index in [0.29, 0.717) is 21.5 Å². The van der Waals surface area contributed by atoms with Crippen LogP contribution in [0.15, 0.2) is 30.5 Å². The molecular formula is C16H13FN6OS. The summed E-state index contributed by atoms with van der Waals surface area (Å²) < 4.78 is 15.1. The molecular weight excluding hydrogens is 343 g/mol. The van der Waals surface area contributed by atoms with E-state index in [9.17, 15) is 9.18 Å². The number of aromatic nitrogens is 3. The second kappa shape index (κ2) is 6.70. The molecule has 0 aliphatic heterocycles. The summed E-state index contributed by atoms with van der Waals surface area (Å²) in [5.74, 6) is -0.564. The average molecular weight is 356 g/mol. The van der Waals surface area contributed by atoms with Crippen LogP contribution < -0.4 is 10.6 Å². The molecule has 0 aliphatic carbocycles. The van der Waals surface area contributed by atoms with Gasteiger partial charge in [-0.3, -0.25) is 9.48 Å². The van der Waals surface area contributed by atoms with E-state index in [-0.39, 0.29) is 11.3 Å². The number of halogens is 1. The van der Waals surface area contributed by atoms with Gasteiger partial charge in [-0.05, 0) is 25.1 Å². The zero-order valence-corrected chi connectivity index (χ0v) is 14.2. The topological polar surface area (TPSA) is 95.6 Å². The average Bonchev–Trinajstić information content (AvgIpc) is 3.12. The van der Waals surface area contributed by atoms with Gasteiger partial charge in [-0.1, -0.05) is 0 Å². The Kier molecular flexibility index (Phi) is 4.45. The number of anilines is 3. The van der Waals surface area contributed by atoms with Gasteiger partial charge in [-0.25, -0.2) is 9.37 Å². The molecule has 25 heavy (non-hydrogen) atoms. The third-order valence-corrected chi connectivity index (χ3v) is 4.08. The number of aryl methyl sites for hydroxylation is 2. The Hall–Kier alpha value is -3.25. The first-order valence-electron chi connectivity index (χ1n) is 7.21. The molecule has 0 bridgehead atoms. The minimum Gasteiger partial charge on any atom is -0.345 e. The van der Waals surface area contributed by atoms with Crippen molar-refractivity contribution in [3.05, 3.63) is 52.5 Å². The van der Waals surface area contributed by atoms with E-state index in [1.807, 2.05) is 6.07 Å². The van der Waals surface area contributed by atoms with E-state index >= 15 is 0 Å². The van der Waals surface area contributed by atoms with Gasteiger partial charge in [0.15, 0.2) is 11.5 Å². The van der Waals surface area contributed by atoms with Crippen LogP contribution in [0.4, 0.5) is 20.9 Å². The van der Waals surface area contributed by atoms with Gasteiger partial charge in [0, 0.05) is 25.0 Å². The molecule has 0 aliphatic rings. The highest BCUT2D eigenvalue weighted by Gasteiger charge is 2.18. The Bertz CT molecular complexity index is 987. The standard InChI is InChI=1S/C16H13FN6OS/c1-9-19-14(15(24)21-13-3-4-23(2)22-13)16(25-9)20-12-6-10(8-18)5-11(17)7-12/h3-7,20H,1-2H3,(H,21,22,24). The van der Waals surface area contributed by atoms with Crippen molar-refractivity contribution in [3.63, 3.8) is 0 Å². The van der Waals surface area contributed by atoms with Crippen molar-refractivity contribution in [2.24, 2.45) is 7.05 Å². The lowest BCUT2D eigenvalue weighted by Gasteiger charge is -2.07. The highest BCUT2D eigenvalue weighted by molar-refractivity contribution is 7.16. The molecule has 2 aromatic heterocycles. The molecule has 126 valence electrons. The molecule has 7 nitrogen and oxygen atoms in total. The summed E-state index contributed by atoms with van der Waals surface area (Å²) in [6.07, 6.45) is 1.71. The Balaban J connectivity index is 1.87. The number of nitriles is 1. The molecule has 0 atom stereocenters. The van der Waals surface area contributed by atoms with Gasteiger partial charge in [-0.2, -0.15) is 10.4 Å². The fraction of sp³-hybridized carbons (Fsp3) is 0.125. The highest BCUT2D eigenvalue weighted by Crippen LogP contribution is 2.29. The molecule has 3 rings (SSSR count). The fourth-order valence-electron chi connectivity index (χ4n) is 2.18. The number of carbonyl (C=O) groups excluding carboxylic acids is 1. The lowest BCUT2D eigenvalue weighted by atomic mass is 10.2. The van der Waals surface area contributed by atoms with Crippen molar-refractivity contribution in [1.82, 2.24) is 14.8 Å². The number of hydrogen-bond acceptors (Lipinski definition) is 6. The zero-order valence-electron chi connectivity index (χ0n) is 13.4. The van der Waals surface area contributed by atoms with E-state index < -0.39 is 11.7 Å². The van der Waals surface area contributed by atoms with Crippen LogP contribution in [0.5, 0.6) is 0 Å². The van der Waals surface area contributed by atoms with Crippen molar-refractivity contribution >= 4 is 33.8 Å². The monoisotopic (exact) mass is 356 g/mol. The summed E-state index contributed by atoms with van der Waals surface area (Å²) in [7, 11) is 1.74. The number of nitrogens with zero attached hydrogens (tertiary/aromatic N) is 4. The second-order valence-corrected chi connectivity index (χ2v) is 6.41. The van der Waals surface area contributed by atoms with Crippen LogP contribution >= 0.6 is 11.3 Å².